The van der Waals surface area contributed by atoms with E-state index in [2.05, 4.69) is 198 Å². The Labute approximate surface area is 337 Å². The first kappa shape index (κ1) is 37.3. The Hall–Kier alpha value is -5.64. The van der Waals surface area contributed by atoms with Crippen LogP contribution in [0.2, 0.25) is 0 Å². The van der Waals surface area contributed by atoms with Gasteiger partial charge in [-0.05, 0) is 75.8 Å². The maximum atomic E-state index is 7.06. The largest absolute Gasteiger partial charge is 0.456 e. The van der Waals surface area contributed by atoms with Gasteiger partial charge in [0.15, 0.2) is 0 Å². The molecular formula is C53H51NOS. The molecule has 0 fully saturated rings. The SMILES string of the molecule is CC.CC1(C)c2ccccc2-c2ccc(N(c3ccc(-c4ccccc4)cc3)c3ccc4c(c3)Oc3c(ccc5sc6ccccc6c35)C4(C)C)cc21.CCC. The first-order chi connectivity index (χ1) is 27.2. The highest BCUT2D eigenvalue weighted by molar-refractivity contribution is 7.25. The maximum absolute atomic E-state index is 7.06. The predicted molar refractivity (Wildman–Crippen MR) is 243 cm³/mol. The van der Waals surface area contributed by atoms with E-state index in [-0.39, 0.29) is 10.8 Å². The summed E-state index contributed by atoms with van der Waals surface area (Å²) >= 11 is 1.83. The minimum atomic E-state index is -0.232. The van der Waals surface area contributed by atoms with E-state index in [1.807, 2.05) is 25.2 Å². The van der Waals surface area contributed by atoms with Gasteiger partial charge in [0.2, 0.25) is 0 Å². The van der Waals surface area contributed by atoms with Gasteiger partial charge in [-0.1, -0.05) is 165 Å². The fourth-order valence-electron chi connectivity index (χ4n) is 8.60. The Morgan fingerprint density at radius 3 is 1.84 bits per heavy atom. The van der Waals surface area contributed by atoms with Gasteiger partial charge in [0.05, 0.1) is 0 Å². The van der Waals surface area contributed by atoms with Crippen molar-refractivity contribution in [2.75, 3.05) is 4.90 Å². The lowest BCUT2D eigenvalue weighted by Gasteiger charge is -2.36. The van der Waals surface area contributed by atoms with Crippen molar-refractivity contribution in [2.45, 2.75) is 72.6 Å². The summed E-state index contributed by atoms with van der Waals surface area (Å²) < 4.78 is 9.60. The van der Waals surface area contributed by atoms with Crippen LogP contribution in [0, 0.1) is 0 Å². The zero-order valence-electron chi connectivity index (χ0n) is 33.9. The third-order valence-electron chi connectivity index (χ3n) is 11.3. The molecule has 0 spiro atoms. The number of hydrogen-bond acceptors (Lipinski definition) is 3. The van der Waals surface area contributed by atoms with Crippen molar-refractivity contribution in [3.05, 3.63) is 174 Å². The summed E-state index contributed by atoms with van der Waals surface area (Å²) in [4.78, 5) is 2.39. The molecule has 0 amide bonds. The Bertz CT molecular complexity index is 2680. The van der Waals surface area contributed by atoms with Crippen LogP contribution in [0.3, 0.4) is 0 Å². The molecule has 280 valence electrons. The Morgan fingerprint density at radius 1 is 0.500 bits per heavy atom. The first-order valence-corrected chi connectivity index (χ1v) is 21.0. The molecule has 0 N–H and O–H groups in total. The second-order valence-electron chi connectivity index (χ2n) is 15.7. The number of nitrogens with zero attached hydrogens (tertiary/aromatic N) is 1. The zero-order chi connectivity index (χ0) is 39.2. The minimum absolute atomic E-state index is 0.105. The molecular weight excluding hydrogens is 699 g/mol. The molecule has 2 aliphatic rings. The van der Waals surface area contributed by atoms with Gasteiger partial charge in [-0.2, -0.15) is 0 Å². The van der Waals surface area contributed by atoms with Gasteiger partial charge in [-0.3, -0.25) is 0 Å². The topological polar surface area (TPSA) is 12.5 Å². The van der Waals surface area contributed by atoms with Gasteiger partial charge in [-0.25, -0.2) is 0 Å². The average molecular weight is 750 g/mol. The van der Waals surface area contributed by atoms with Crippen LogP contribution >= 0.6 is 11.3 Å². The fraction of sp³-hybridized carbons (Fsp3) is 0.208. The van der Waals surface area contributed by atoms with Crippen LogP contribution in [-0.2, 0) is 10.8 Å². The molecule has 0 unspecified atom stereocenters. The lowest BCUT2D eigenvalue weighted by atomic mass is 9.75. The highest BCUT2D eigenvalue weighted by Gasteiger charge is 2.38. The summed E-state index contributed by atoms with van der Waals surface area (Å²) in [6.45, 7) is 17.6. The summed E-state index contributed by atoms with van der Waals surface area (Å²) in [7, 11) is 0. The van der Waals surface area contributed by atoms with Gasteiger partial charge in [0, 0.05) is 65.3 Å². The van der Waals surface area contributed by atoms with Crippen LogP contribution in [0.25, 0.3) is 42.4 Å². The maximum Gasteiger partial charge on any atom is 0.140 e. The number of benzene rings is 7. The Balaban J connectivity index is 0.000000844. The highest BCUT2D eigenvalue weighted by atomic mass is 32.1. The van der Waals surface area contributed by atoms with E-state index in [1.165, 1.54) is 71.1 Å². The monoisotopic (exact) mass is 749 g/mol. The van der Waals surface area contributed by atoms with Crippen molar-refractivity contribution in [3.8, 4) is 33.8 Å². The van der Waals surface area contributed by atoms with Crippen molar-refractivity contribution >= 4 is 48.6 Å². The van der Waals surface area contributed by atoms with Gasteiger partial charge in [0.1, 0.15) is 11.5 Å². The lowest BCUT2D eigenvalue weighted by molar-refractivity contribution is 0.423. The van der Waals surface area contributed by atoms with Crippen molar-refractivity contribution in [3.63, 3.8) is 0 Å². The molecule has 56 heavy (non-hydrogen) atoms. The number of thiophene rings is 1. The van der Waals surface area contributed by atoms with Gasteiger partial charge >= 0.3 is 0 Å². The lowest BCUT2D eigenvalue weighted by Crippen LogP contribution is -2.24. The third-order valence-corrected chi connectivity index (χ3v) is 12.5. The van der Waals surface area contributed by atoms with Gasteiger partial charge < -0.3 is 9.64 Å². The molecule has 7 aromatic carbocycles. The standard InChI is InChI=1S/C48H37NOS.C3H8.C2H6/c1-47(2)38-16-10-8-14-35(38)36-24-22-33(28-41(36)47)49(32-20-18-31(19-21-32)30-12-6-5-7-13-30)34-23-25-39-42(29-34)50-46-40(48(39,3)4)26-27-44-45(46)37-15-9-11-17-43(37)51-44;1-3-2;1-2/h5-29H,1-4H3;3H2,1-2H3;1-2H3. The van der Waals surface area contributed by atoms with Crippen molar-refractivity contribution in [1.29, 1.82) is 0 Å². The zero-order valence-corrected chi connectivity index (χ0v) is 34.7. The molecule has 0 saturated carbocycles. The van der Waals surface area contributed by atoms with Crippen molar-refractivity contribution in [2.24, 2.45) is 0 Å². The van der Waals surface area contributed by atoms with E-state index in [4.69, 9.17) is 4.74 Å². The summed E-state index contributed by atoms with van der Waals surface area (Å²) in [5.74, 6) is 1.89. The molecule has 1 aliphatic carbocycles. The number of ether oxygens (including phenoxy) is 1. The van der Waals surface area contributed by atoms with Crippen LogP contribution in [0.15, 0.2) is 152 Å². The van der Waals surface area contributed by atoms with E-state index in [0.717, 1.165) is 28.6 Å². The smallest absolute Gasteiger partial charge is 0.140 e. The number of hydrogen-bond donors (Lipinski definition) is 0. The highest BCUT2D eigenvalue weighted by Crippen LogP contribution is 2.55. The van der Waals surface area contributed by atoms with Crippen molar-refractivity contribution < 1.29 is 4.74 Å². The summed E-state index contributed by atoms with van der Waals surface area (Å²) in [6, 6.07) is 55.5. The molecule has 3 heteroatoms. The summed E-state index contributed by atoms with van der Waals surface area (Å²) in [5.41, 5.74) is 13.2. The molecule has 2 nitrogen and oxygen atoms in total. The molecule has 1 aliphatic heterocycles. The molecule has 1 aromatic heterocycles. The predicted octanol–water partition coefficient (Wildman–Crippen LogP) is 16.4. The third kappa shape index (κ3) is 6.10. The minimum Gasteiger partial charge on any atom is -0.456 e. The molecule has 10 rings (SSSR count). The van der Waals surface area contributed by atoms with Crippen LogP contribution in [-0.4, -0.2) is 0 Å². The van der Waals surface area contributed by atoms with E-state index in [1.54, 1.807) is 0 Å². The number of anilines is 3. The number of rotatable bonds is 4. The molecule has 0 atom stereocenters. The normalized spacial score (nSPS) is 13.9. The first-order valence-electron chi connectivity index (χ1n) is 20.2. The van der Waals surface area contributed by atoms with E-state index in [9.17, 15) is 0 Å². The summed E-state index contributed by atoms with van der Waals surface area (Å²) in [6.07, 6.45) is 1.25. The second-order valence-corrected chi connectivity index (χ2v) is 16.8. The summed E-state index contributed by atoms with van der Waals surface area (Å²) in [5, 5.41) is 2.47. The van der Waals surface area contributed by atoms with E-state index < -0.39 is 0 Å². The van der Waals surface area contributed by atoms with Crippen LogP contribution in [0.1, 0.15) is 84.1 Å². The molecule has 0 saturated heterocycles. The fourth-order valence-corrected chi connectivity index (χ4v) is 9.71. The van der Waals surface area contributed by atoms with Crippen LogP contribution in [0.5, 0.6) is 11.5 Å². The second kappa shape index (κ2) is 14.8. The van der Waals surface area contributed by atoms with Crippen LogP contribution < -0.4 is 9.64 Å². The molecule has 2 heterocycles. The van der Waals surface area contributed by atoms with Crippen molar-refractivity contribution in [1.82, 2.24) is 0 Å². The number of fused-ring (bicyclic) bond motifs is 9. The van der Waals surface area contributed by atoms with E-state index >= 15 is 0 Å². The Morgan fingerprint density at radius 2 is 1.07 bits per heavy atom. The van der Waals surface area contributed by atoms with Gasteiger partial charge in [0.25, 0.3) is 0 Å². The quantitative estimate of drug-likeness (QED) is 0.178. The van der Waals surface area contributed by atoms with Gasteiger partial charge in [-0.15, -0.1) is 11.3 Å². The van der Waals surface area contributed by atoms with E-state index in [0.29, 0.717) is 0 Å². The molecule has 8 aromatic rings. The molecule has 0 bridgehead atoms. The average Bonchev–Trinajstić information content (AvgIpc) is 3.72. The Kier molecular flexibility index (Phi) is 9.85. The van der Waals surface area contributed by atoms with Crippen LogP contribution in [0.4, 0.5) is 17.1 Å². The molecule has 0 radical (unpaired) electrons.